The summed E-state index contributed by atoms with van der Waals surface area (Å²) in [6, 6.07) is 10.5. The van der Waals surface area contributed by atoms with Gasteiger partial charge in [0.15, 0.2) is 0 Å². The number of carbonyl (C=O) groups excluding carboxylic acids is 1. The standard InChI is InChI=1S/C9H9N.C3H7NO.3C2H6/c1-10-7-6-8-4-2-3-5-9(8)10;1-3(5)4-2;3*1-2/h2-7H,1H3;1-2H3,(H,4,5);3*1-2H3. The third-order valence-electron chi connectivity index (χ3n) is 2.15. The third-order valence-corrected chi connectivity index (χ3v) is 2.15. The summed E-state index contributed by atoms with van der Waals surface area (Å²) in [5.74, 6) is 0.00463. The van der Waals surface area contributed by atoms with Crippen LogP contribution in [0.4, 0.5) is 0 Å². The van der Waals surface area contributed by atoms with Crippen molar-refractivity contribution in [1.29, 1.82) is 0 Å². The molecule has 0 bridgehead atoms. The summed E-state index contributed by atoms with van der Waals surface area (Å²) in [5.41, 5.74) is 1.29. The molecule has 0 unspecified atom stereocenters. The van der Waals surface area contributed by atoms with Crippen LogP contribution in [0.5, 0.6) is 0 Å². The SMILES string of the molecule is CC.CC.CC.CNC(C)=O.Cn1ccc2ccccc21. The van der Waals surface area contributed by atoms with Crippen LogP contribution in [0.3, 0.4) is 0 Å². The summed E-state index contributed by atoms with van der Waals surface area (Å²) >= 11 is 0. The average molecular weight is 294 g/mol. The van der Waals surface area contributed by atoms with E-state index >= 15 is 0 Å². The summed E-state index contributed by atoms with van der Waals surface area (Å²) in [4.78, 5) is 9.70. The zero-order valence-electron chi connectivity index (χ0n) is 15.3. The van der Waals surface area contributed by atoms with Crippen LogP contribution in [0.2, 0.25) is 0 Å². The van der Waals surface area contributed by atoms with Gasteiger partial charge in [-0.15, -0.1) is 0 Å². The van der Waals surface area contributed by atoms with E-state index in [0.29, 0.717) is 0 Å². The maximum Gasteiger partial charge on any atom is 0.216 e. The summed E-state index contributed by atoms with van der Waals surface area (Å²) < 4.78 is 2.12. The zero-order valence-corrected chi connectivity index (χ0v) is 15.3. The first-order valence-corrected chi connectivity index (χ1v) is 7.83. The molecule has 0 aliphatic heterocycles. The van der Waals surface area contributed by atoms with Crippen molar-refractivity contribution in [2.75, 3.05) is 7.05 Å². The molecule has 1 aromatic heterocycles. The van der Waals surface area contributed by atoms with E-state index in [4.69, 9.17) is 0 Å². The van der Waals surface area contributed by atoms with Gasteiger partial charge in [-0.05, 0) is 17.5 Å². The fourth-order valence-corrected chi connectivity index (χ4v) is 1.22. The molecule has 0 saturated heterocycles. The number of amides is 1. The monoisotopic (exact) mass is 294 g/mol. The third kappa shape index (κ3) is 11.7. The van der Waals surface area contributed by atoms with Crippen molar-refractivity contribution in [2.24, 2.45) is 7.05 Å². The molecule has 122 valence electrons. The van der Waals surface area contributed by atoms with Gasteiger partial charge in [0.2, 0.25) is 5.91 Å². The number of rotatable bonds is 0. The minimum absolute atomic E-state index is 0.00463. The van der Waals surface area contributed by atoms with Crippen molar-refractivity contribution in [3.8, 4) is 0 Å². The fourth-order valence-electron chi connectivity index (χ4n) is 1.22. The van der Waals surface area contributed by atoms with E-state index < -0.39 is 0 Å². The number of aromatic nitrogens is 1. The second-order valence-electron chi connectivity index (χ2n) is 3.29. The first-order chi connectivity index (χ1) is 10.1. The number of para-hydroxylation sites is 1. The quantitative estimate of drug-likeness (QED) is 0.728. The van der Waals surface area contributed by atoms with Gasteiger partial charge in [0, 0.05) is 32.7 Å². The van der Waals surface area contributed by atoms with E-state index in [0.717, 1.165) is 0 Å². The van der Waals surface area contributed by atoms with E-state index in [9.17, 15) is 4.79 Å². The van der Waals surface area contributed by atoms with Crippen LogP contribution >= 0.6 is 0 Å². The highest BCUT2D eigenvalue weighted by atomic mass is 16.1. The van der Waals surface area contributed by atoms with Crippen molar-refractivity contribution in [1.82, 2.24) is 9.88 Å². The number of aryl methyl sites for hydroxylation is 1. The van der Waals surface area contributed by atoms with Crippen molar-refractivity contribution in [3.05, 3.63) is 36.5 Å². The van der Waals surface area contributed by atoms with Gasteiger partial charge in [0.1, 0.15) is 0 Å². The van der Waals surface area contributed by atoms with Gasteiger partial charge in [-0.3, -0.25) is 4.79 Å². The Morgan fingerprint density at radius 2 is 1.38 bits per heavy atom. The first kappa shape index (κ1) is 24.3. The van der Waals surface area contributed by atoms with Crippen molar-refractivity contribution >= 4 is 16.8 Å². The summed E-state index contributed by atoms with van der Waals surface area (Å²) in [7, 11) is 3.66. The van der Waals surface area contributed by atoms with Crippen LogP contribution in [0.1, 0.15) is 48.5 Å². The van der Waals surface area contributed by atoms with Crippen LogP contribution in [0.15, 0.2) is 36.5 Å². The number of carbonyl (C=O) groups is 1. The lowest BCUT2D eigenvalue weighted by Gasteiger charge is -1.92. The van der Waals surface area contributed by atoms with Gasteiger partial charge in [0.05, 0.1) is 0 Å². The molecule has 0 aliphatic carbocycles. The lowest BCUT2D eigenvalue weighted by Crippen LogP contribution is -2.11. The Balaban J connectivity index is -0.000000253. The van der Waals surface area contributed by atoms with Gasteiger partial charge in [-0.25, -0.2) is 0 Å². The number of hydrogen-bond donors (Lipinski definition) is 1. The Morgan fingerprint density at radius 1 is 0.952 bits per heavy atom. The molecule has 0 radical (unpaired) electrons. The van der Waals surface area contributed by atoms with E-state index in [2.05, 4.69) is 53.5 Å². The molecule has 0 fully saturated rings. The fraction of sp³-hybridized carbons (Fsp3) is 0.500. The average Bonchev–Trinajstić information content (AvgIpc) is 2.95. The van der Waals surface area contributed by atoms with Crippen LogP contribution in [-0.4, -0.2) is 17.5 Å². The van der Waals surface area contributed by atoms with Crippen molar-refractivity contribution in [3.63, 3.8) is 0 Å². The highest BCUT2D eigenvalue weighted by Gasteiger charge is 1.92. The Kier molecular flexibility index (Phi) is 21.1. The van der Waals surface area contributed by atoms with Gasteiger partial charge >= 0.3 is 0 Å². The molecule has 1 heterocycles. The molecule has 1 aromatic carbocycles. The van der Waals surface area contributed by atoms with Crippen LogP contribution in [0, 0.1) is 0 Å². The highest BCUT2D eigenvalue weighted by Crippen LogP contribution is 2.12. The molecule has 0 aliphatic rings. The molecule has 0 atom stereocenters. The first-order valence-electron chi connectivity index (χ1n) is 7.83. The molecular formula is C18H34N2O. The Bertz CT molecular complexity index is 447. The summed E-state index contributed by atoms with van der Waals surface area (Å²) in [6.07, 6.45) is 2.07. The topological polar surface area (TPSA) is 34.0 Å². The van der Waals surface area contributed by atoms with Gasteiger partial charge in [-0.1, -0.05) is 59.7 Å². The van der Waals surface area contributed by atoms with Gasteiger partial charge in [0.25, 0.3) is 0 Å². The number of benzene rings is 1. The predicted octanol–water partition coefficient (Wildman–Crippen LogP) is 5.01. The largest absolute Gasteiger partial charge is 0.359 e. The van der Waals surface area contributed by atoms with Crippen molar-refractivity contribution < 1.29 is 4.79 Å². The molecule has 3 nitrogen and oxygen atoms in total. The van der Waals surface area contributed by atoms with Gasteiger partial charge < -0.3 is 9.88 Å². The maximum atomic E-state index is 9.70. The molecule has 21 heavy (non-hydrogen) atoms. The molecule has 3 heteroatoms. The van der Waals surface area contributed by atoms with Crippen LogP contribution in [0.25, 0.3) is 10.9 Å². The smallest absolute Gasteiger partial charge is 0.216 e. The van der Waals surface area contributed by atoms with E-state index in [1.54, 1.807) is 7.05 Å². The second kappa shape index (κ2) is 18.2. The number of nitrogens with one attached hydrogen (secondary N) is 1. The van der Waals surface area contributed by atoms with E-state index in [1.165, 1.54) is 17.8 Å². The normalized spacial score (nSPS) is 7.48. The minimum Gasteiger partial charge on any atom is -0.359 e. The molecule has 1 N–H and O–H groups in total. The molecule has 2 rings (SSSR count). The number of hydrogen-bond acceptors (Lipinski definition) is 1. The van der Waals surface area contributed by atoms with E-state index in [-0.39, 0.29) is 5.91 Å². The molecule has 0 saturated carbocycles. The molecule has 2 aromatic rings. The summed E-state index contributed by atoms with van der Waals surface area (Å²) in [6.45, 7) is 13.5. The predicted molar refractivity (Wildman–Crippen MR) is 96.7 cm³/mol. The van der Waals surface area contributed by atoms with Crippen LogP contribution < -0.4 is 5.32 Å². The molecular weight excluding hydrogens is 260 g/mol. The summed E-state index contributed by atoms with van der Waals surface area (Å²) in [5, 5.41) is 3.70. The zero-order chi connectivity index (χ0) is 17.3. The van der Waals surface area contributed by atoms with Crippen molar-refractivity contribution in [2.45, 2.75) is 48.5 Å². The maximum absolute atomic E-state index is 9.70. The Hall–Kier alpha value is -1.77. The lowest BCUT2D eigenvalue weighted by molar-refractivity contribution is -0.118. The van der Waals surface area contributed by atoms with Crippen LogP contribution in [-0.2, 0) is 11.8 Å². The molecule has 1 amide bonds. The number of fused-ring (bicyclic) bond motifs is 1. The second-order valence-corrected chi connectivity index (χ2v) is 3.29. The van der Waals surface area contributed by atoms with Gasteiger partial charge in [-0.2, -0.15) is 0 Å². The van der Waals surface area contributed by atoms with E-state index in [1.807, 2.05) is 41.5 Å². The number of nitrogens with zero attached hydrogens (tertiary/aromatic N) is 1. The highest BCUT2D eigenvalue weighted by molar-refractivity contribution is 5.79. The Labute approximate surface area is 131 Å². The lowest BCUT2D eigenvalue weighted by atomic mass is 10.2. The Morgan fingerprint density at radius 3 is 1.76 bits per heavy atom. The molecule has 0 spiro atoms. The minimum atomic E-state index is 0.00463.